The minimum absolute atomic E-state index is 0.395. The molecule has 1 aromatic rings. The third kappa shape index (κ3) is 3.04. The number of carboxylic acids is 1. The van der Waals surface area contributed by atoms with E-state index >= 15 is 0 Å². The zero-order valence-corrected chi connectivity index (χ0v) is 8.82. The Morgan fingerprint density at radius 1 is 1.11 bits per heavy atom. The number of carbonyl (C=O) groups is 2. The number of alkyl halides is 3. The summed E-state index contributed by atoms with van der Waals surface area (Å²) in [6.07, 6.45) is -6.82. The number of rotatable bonds is 3. The van der Waals surface area contributed by atoms with Gasteiger partial charge in [0.25, 0.3) is 0 Å². The van der Waals surface area contributed by atoms with Crippen LogP contribution in [-0.4, -0.2) is 16.9 Å². The number of ketones is 1. The SMILES string of the molecule is O=C(O)CC(=O)c1c(C(F)(F)F)cc(F)c(F)c1F. The van der Waals surface area contributed by atoms with E-state index in [2.05, 4.69) is 0 Å². The molecule has 0 heterocycles. The summed E-state index contributed by atoms with van der Waals surface area (Å²) >= 11 is 0. The van der Waals surface area contributed by atoms with E-state index in [0.717, 1.165) is 0 Å². The fourth-order valence-corrected chi connectivity index (χ4v) is 1.32. The van der Waals surface area contributed by atoms with E-state index in [9.17, 15) is 35.9 Å². The molecule has 9 heteroatoms. The molecule has 19 heavy (non-hydrogen) atoms. The van der Waals surface area contributed by atoms with Crippen LogP contribution in [-0.2, 0) is 11.0 Å². The Hall–Kier alpha value is -2.06. The molecule has 1 aromatic carbocycles. The fraction of sp³-hybridized carbons (Fsp3) is 0.200. The first-order valence-electron chi connectivity index (χ1n) is 4.55. The van der Waals surface area contributed by atoms with Gasteiger partial charge in [0.15, 0.2) is 23.2 Å². The van der Waals surface area contributed by atoms with Crippen molar-refractivity contribution in [1.29, 1.82) is 0 Å². The van der Waals surface area contributed by atoms with Gasteiger partial charge in [-0.3, -0.25) is 9.59 Å². The van der Waals surface area contributed by atoms with Crippen LogP contribution in [0.15, 0.2) is 6.07 Å². The van der Waals surface area contributed by atoms with Crippen LogP contribution in [0.5, 0.6) is 0 Å². The number of carbonyl (C=O) groups excluding carboxylic acids is 1. The molecule has 3 nitrogen and oxygen atoms in total. The van der Waals surface area contributed by atoms with Crippen LogP contribution in [0.1, 0.15) is 22.3 Å². The first kappa shape index (κ1) is 15.0. The van der Waals surface area contributed by atoms with Crippen LogP contribution in [0.25, 0.3) is 0 Å². The zero-order chi connectivity index (χ0) is 15.0. The largest absolute Gasteiger partial charge is 0.481 e. The molecule has 1 rings (SSSR count). The number of Topliss-reactive ketones (excluding diaryl/α,β-unsaturated/α-hetero) is 1. The topological polar surface area (TPSA) is 54.4 Å². The first-order chi connectivity index (χ1) is 8.55. The normalized spacial score (nSPS) is 11.5. The second-order valence-corrected chi connectivity index (χ2v) is 3.40. The van der Waals surface area contributed by atoms with Crippen LogP contribution in [0.4, 0.5) is 26.3 Å². The molecule has 0 radical (unpaired) electrons. The van der Waals surface area contributed by atoms with Crippen molar-refractivity contribution in [2.75, 3.05) is 0 Å². The number of benzene rings is 1. The molecule has 0 aromatic heterocycles. The highest BCUT2D eigenvalue weighted by Crippen LogP contribution is 2.35. The Morgan fingerprint density at radius 3 is 2.05 bits per heavy atom. The van der Waals surface area contributed by atoms with Gasteiger partial charge < -0.3 is 5.11 Å². The Morgan fingerprint density at radius 2 is 1.63 bits per heavy atom. The average Bonchev–Trinajstić information content (AvgIpc) is 2.22. The smallest absolute Gasteiger partial charge is 0.417 e. The molecule has 0 fully saturated rings. The molecule has 104 valence electrons. The van der Waals surface area contributed by atoms with Gasteiger partial charge in [-0.15, -0.1) is 0 Å². The van der Waals surface area contributed by atoms with Crippen molar-refractivity contribution in [2.45, 2.75) is 12.6 Å². The van der Waals surface area contributed by atoms with E-state index in [1.165, 1.54) is 0 Å². The minimum Gasteiger partial charge on any atom is -0.481 e. The van der Waals surface area contributed by atoms with E-state index < -0.39 is 59.0 Å². The summed E-state index contributed by atoms with van der Waals surface area (Å²) in [5.74, 6) is -10.4. The standard InChI is InChI=1S/C10H4F6O3/c11-4-1-3(10(14,15)16)7(9(13)8(4)12)5(17)2-6(18)19/h1H,2H2,(H,18,19). The molecule has 0 saturated heterocycles. The van der Waals surface area contributed by atoms with Crippen molar-refractivity contribution in [3.8, 4) is 0 Å². The monoisotopic (exact) mass is 286 g/mol. The van der Waals surface area contributed by atoms with Crippen molar-refractivity contribution >= 4 is 11.8 Å². The highest BCUT2D eigenvalue weighted by molar-refractivity contribution is 6.06. The lowest BCUT2D eigenvalue weighted by Crippen LogP contribution is -2.19. The maximum atomic E-state index is 13.2. The van der Waals surface area contributed by atoms with Crippen molar-refractivity contribution in [2.24, 2.45) is 0 Å². The molecule has 0 aliphatic heterocycles. The summed E-state index contributed by atoms with van der Waals surface area (Å²) in [6, 6.07) is -0.395. The lowest BCUT2D eigenvalue weighted by molar-refractivity contribution is -0.139. The Bertz CT molecular complexity index is 549. The van der Waals surface area contributed by atoms with Gasteiger partial charge in [-0.25, -0.2) is 13.2 Å². The Balaban J connectivity index is 3.55. The second kappa shape index (κ2) is 4.90. The number of hydrogen-bond donors (Lipinski definition) is 1. The van der Waals surface area contributed by atoms with Gasteiger partial charge >= 0.3 is 12.1 Å². The quantitative estimate of drug-likeness (QED) is 0.402. The molecule has 0 spiro atoms. The molecule has 1 N–H and O–H groups in total. The van der Waals surface area contributed by atoms with Crippen molar-refractivity contribution in [3.05, 3.63) is 34.6 Å². The third-order valence-corrected chi connectivity index (χ3v) is 2.06. The summed E-state index contributed by atoms with van der Waals surface area (Å²) < 4.78 is 76.2. The van der Waals surface area contributed by atoms with Gasteiger partial charge in [0.2, 0.25) is 0 Å². The maximum Gasteiger partial charge on any atom is 0.417 e. The van der Waals surface area contributed by atoms with E-state index in [0.29, 0.717) is 0 Å². The molecular weight excluding hydrogens is 282 g/mol. The number of carboxylic acid groups (broad SMARTS) is 1. The van der Waals surface area contributed by atoms with Gasteiger partial charge in [-0.1, -0.05) is 0 Å². The molecule has 0 aliphatic rings. The van der Waals surface area contributed by atoms with E-state index in [-0.39, 0.29) is 0 Å². The molecule has 0 aliphatic carbocycles. The minimum atomic E-state index is -5.33. The Labute approximate surface area is 101 Å². The van der Waals surface area contributed by atoms with Crippen LogP contribution in [0.3, 0.4) is 0 Å². The predicted molar refractivity (Wildman–Crippen MR) is 47.9 cm³/mol. The van der Waals surface area contributed by atoms with Crippen LogP contribution < -0.4 is 0 Å². The zero-order valence-electron chi connectivity index (χ0n) is 8.82. The summed E-state index contributed by atoms with van der Waals surface area (Å²) in [5, 5.41) is 8.26. The lowest BCUT2D eigenvalue weighted by Gasteiger charge is -2.13. The third-order valence-electron chi connectivity index (χ3n) is 2.06. The van der Waals surface area contributed by atoms with Gasteiger partial charge in [0, 0.05) is 0 Å². The van der Waals surface area contributed by atoms with Gasteiger partial charge in [0.1, 0.15) is 6.42 Å². The van der Waals surface area contributed by atoms with Crippen molar-refractivity contribution in [3.63, 3.8) is 0 Å². The second-order valence-electron chi connectivity index (χ2n) is 3.40. The fourth-order valence-electron chi connectivity index (χ4n) is 1.32. The molecule has 0 unspecified atom stereocenters. The number of hydrogen-bond acceptors (Lipinski definition) is 2. The van der Waals surface area contributed by atoms with E-state index in [1.807, 2.05) is 0 Å². The number of halogens is 6. The van der Waals surface area contributed by atoms with E-state index in [4.69, 9.17) is 5.11 Å². The van der Waals surface area contributed by atoms with E-state index in [1.54, 1.807) is 0 Å². The summed E-state index contributed by atoms with van der Waals surface area (Å²) in [7, 11) is 0. The highest BCUT2D eigenvalue weighted by atomic mass is 19.4. The lowest BCUT2D eigenvalue weighted by atomic mass is 9.99. The first-order valence-corrected chi connectivity index (χ1v) is 4.55. The van der Waals surface area contributed by atoms with Crippen LogP contribution >= 0.6 is 0 Å². The Kier molecular flexibility index (Phi) is 3.87. The molecular formula is C10H4F6O3. The van der Waals surface area contributed by atoms with Crippen LogP contribution in [0.2, 0.25) is 0 Å². The highest BCUT2D eigenvalue weighted by Gasteiger charge is 2.39. The van der Waals surface area contributed by atoms with Gasteiger partial charge in [-0.05, 0) is 6.07 Å². The number of aliphatic carboxylic acids is 1. The molecule has 0 bridgehead atoms. The summed E-state index contributed by atoms with van der Waals surface area (Å²) in [5.41, 5.74) is -3.89. The average molecular weight is 286 g/mol. The van der Waals surface area contributed by atoms with Crippen molar-refractivity contribution < 1.29 is 41.0 Å². The van der Waals surface area contributed by atoms with Gasteiger partial charge in [-0.2, -0.15) is 13.2 Å². The molecule has 0 atom stereocenters. The van der Waals surface area contributed by atoms with Crippen molar-refractivity contribution in [1.82, 2.24) is 0 Å². The summed E-state index contributed by atoms with van der Waals surface area (Å²) in [6.45, 7) is 0. The molecule has 0 amide bonds. The maximum absolute atomic E-state index is 13.2. The van der Waals surface area contributed by atoms with Crippen LogP contribution in [0, 0.1) is 17.5 Å². The molecule has 0 saturated carbocycles. The summed E-state index contributed by atoms with van der Waals surface area (Å²) in [4.78, 5) is 21.4. The predicted octanol–water partition coefficient (Wildman–Crippen LogP) is 2.78. The van der Waals surface area contributed by atoms with Gasteiger partial charge in [0.05, 0.1) is 11.1 Å².